The lowest BCUT2D eigenvalue weighted by molar-refractivity contribution is 0.103. The van der Waals surface area contributed by atoms with Crippen molar-refractivity contribution < 1.29 is 9.90 Å². The first-order chi connectivity index (χ1) is 8.11. The second kappa shape index (κ2) is 4.73. The molecule has 0 spiro atoms. The number of carbonyl (C=O) groups excluding carboxylic acids is 1. The van der Waals surface area contributed by atoms with E-state index in [1.54, 1.807) is 18.2 Å². The van der Waals surface area contributed by atoms with E-state index in [0.29, 0.717) is 0 Å². The topological polar surface area (TPSA) is 50.2 Å². The van der Waals surface area contributed by atoms with E-state index in [-0.39, 0.29) is 32.8 Å². The van der Waals surface area contributed by atoms with Crippen LogP contribution in [0, 0.1) is 0 Å². The van der Waals surface area contributed by atoms with Gasteiger partial charge in [0.25, 0.3) is 0 Å². The van der Waals surface area contributed by atoms with Gasteiger partial charge >= 0.3 is 0 Å². The zero-order chi connectivity index (χ0) is 12.4. The number of hydrogen-bond donors (Lipinski definition) is 1. The summed E-state index contributed by atoms with van der Waals surface area (Å²) in [5, 5.41) is 9.33. The summed E-state index contributed by atoms with van der Waals surface area (Å²) >= 11 is 11.7. The van der Waals surface area contributed by atoms with Crippen LogP contribution < -0.4 is 0 Å². The summed E-state index contributed by atoms with van der Waals surface area (Å²) in [6, 6.07) is 7.74. The van der Waals surface area contributed by atoms with Gasteiger partial charge < -0.3 is 5.11 Å². The molecule has 86 valence electrons. The lowest BCUT2D eigenvalue weighted by Crippen LogP contribution is -2.04. The molecule has 5 heteroatoms. The highest BCUT2D eigenvalue weighted by molar-refractivity contribution is 6.45. The number of nitrogens with zero attached hydrogens (tertiary/aromatic N) is 1. The Hall–Kier alpha value is -1.58. The molecule has 1 heterocycles. The highest BCUT2D eigenvalue weighted by atomic mass is 35.5. The van der Waals surface area contributed by atoms with E-state index < -0.39 is 0 Å². The van der Waals surface area contributed by atoms with Crippen molar-refractivity contribution >= 4 is 29.0 Å². The monoisotopic (exact) mass is 267 g/mol. The van der Waals surface area contributed by atoms with Crippen LogP contribution in [0.15, 0.2) is 36.5 Å². The molecule has 3 nitrogen and oxygen atoms in total. The van der Waals surface area contributed by atoms with Gasteiger partial charge in [-0.1, -0.05) is 29.3 Å². The average Bonchev–Trinajstić information content (AvgIpc) is 2.36. The second-order valence-corrected chi connectivity index (χ2v) is 4.06. The molecule has 0 amide bonds. The van der Waals surface area contributed by atoms with Crippen molar-refractivity contribution in [2.45, 2.75) is 0 Å². The largest absolute Gasteiger partial charge is 0.506 e. The number of aromatic nitrogens is 1. The lowest BCUT2D eigenvalue weighted by atomic mass is 10.1. The van der Waals surface area contributed by atoms with E-state index in [1.807, 2.05) is 0 Å². The van der Waals surface area contributed by atoms with Gasteiger partial charge in [0.15, 0.2) is 0 Å². The summed E-state index contributed by atoms with van der Waals surface area (Å²) in [4.78, 5) is 16.0. The fraction of sp³-hybridized carbons (Fsp3) is 0. The number of carbonyl (C=O) groups is 1. The van der Waals surface area contributed by atoms with Crippen LogP contribution in [-0.2, 0) is 0 Å². The van der Waals surface area contributed by atoms with E-state index in [4.69, 9.17) is 23.2 Å². The molecule has 2 rings (SSSR count). The normalized spacial score (nSPS) is 10.2. The fourth-order valence-corrected chi connectivity index (χ4v) is 1.76. The number of phenols is 1. The van der Waals surface area contributed by atoms with E-state index in [9.17, 15) is 9.90 Å². The van der Waals surface area contributed by atoms with Gasteiger partial charge in [-0.25, -0.2) is 0 Å². The van der Waals surface area contributed by atoms with Crippen LogP contribution >= 0.6 is 23.2 Å². The average molecular weight is 268 g/mol. The summed E-state index contributed by atoms with van der Waals surface area (Å²) in [7, 11) is 0. The quantitative estimate of drug-likeness (QED) is 0.850. The van der Waals surface area contributed by atoms with Crippen molar-refractivity contribution in [1.82, 2.24) is 4.98 Å². The third-order valence-electron chi connectivity index (χ3n) is 2.20. The summed E-state index contributed by atoms with van der Waals surface area (Å²) in [6.07, 6.45) is 1.52. The second-order valence-electron chi connectivity index (χ2n) is 3.30. The Morgan fingerprint density at radius 3 is 2.53 bits per heavy atom. The van der Waals surface area contributed by atoms with Gasteiger partial charge in [-0.2, -0.15) is 0 Å². The van der Waals surface area contributed by atoms with Crippen LogP contribution in [0.25, 0.3) is 0 Å². The Labute approximate surface area is 108 Å². The number of phenolic OH excluding ortho intramolecular Hbond substituents is 1. The molecule has 1 aromatic carbocycles. The molecule has 0 radical (unpaired) electrons. The molecule has 0 fully saturated rings. The first-order valence-electron chi connectivity index (χ1n) is 4.74. The summed E-state index contributed by atoms with van der Waals surface area (Å²) in [6.45, 7) is 0. The molecular weight excluding hydrogens is 261 g/mol. The first kappa shape index (κ1) is 11.9. The van der Waals surface area contributed by atoms with Gasteiger partial charge in [-0.15, -0.1) is 0 Å². The lowest BCUT2D eigenvalue weighted by Gasteiger charge is -2.05. The highest BCUT2D eigenvalue weighted by Crippen LogP contribution is 2.34. The standard InChI is InChI=1S/C12H7Cl2NO2/c13-10-7(4-5-9(16)11(10)14)12(17)8-3-1-2-6-15-8/h1-6,16H. The van der Waals surface area contributed by atoms with Crippen LogP contribution in [0.5, 0.6) is 5.75 Å². The zero-order valence-electron chi connectivity index (χ0n) is 8.52. The van der Waals surface area contributed by atoms with Gasteiger partial charge in [-0.3, -0.25) is 9.78 Å². The summed E-state index contributed by atoms with van der Waals surface area (Å²) in [5.74, 6) is -0.494. The van der Waals surface area contributed by atoms with E-state index >= 15 is 0 Å². The molecule has 0 saturated carbocycles. The van der Waals surface area contributed by atoms with Crippen LogP contribution in [0.2, 0.25) is 10.0 Å². The fourth-order valence-electron chi connectivity index (χ4n) is 1.35. The first-order valence-corrected chi connectivity index (χ1v) is 5.49. The van der Waals surface area contributed by atoms with Crippen molar-refractivity contribution in [2.24, 2.45) is 0 Å². The number of aromatic hydroxyl groups is 1. The van der Waals surface area contributed by atoms with E-state index in [0.717, 1.165) is 0 Å². The Balaban J connectivity index is 2.49. The minimum absolute atomic E-state index is 0.0299. The van der Waals surface area contributed by atoms with Crippen LogP contribution in [0.3, 0.4) is 0 Å². The molecule has 0 saturated heterocycles. The van der Waals surface area contributed by atoms with Gasteiger partial charge in [0.05, 0.1) is 5.02 Å². The maximum absolute atomic E-state index is 12.0. The Morgan fingerprint density at radius 2 is 1.88 bits per heavy atom. The van der Waals surface area contributed by atoms with Gasteiger partial charge in [0.2, 0.25) is 5.78 Å². The smallest absolute Gasteiger partial charge is 0.212 e. The third kappa shape index (κ3) is 2.25. The minimum Gasteiger partial charge on any atom is -0.506 e. The van der Waals surface area contributed by atoms with Crippen LogP contribution in [-0.4, -0.2) is 15.9 Å². The van der Waals surface area contributed by atoms with Crippen molar-refractivity contribution in [1.29, 1.82) is 0 Å². The molecule has 0 aliphatic rings. The molecule has 1 N–H and O–H groups in total. The predicted octanol–water partition coefficient (Wildman–Crippen LogP) is 3.33. The number of ketones is 1. The molecule has 0 aliphatic carbocycles. The Morgan fingerprint density at radius 1 is 1.12 bits per heavy atom. The molecule has 0 bridgehead atoms. The molecule has 1 aromatic heterocycles. The van der Waals surface area contributed by atoms with Crippen molar-refractivity contribution in [2.75, 3.05) is 0 Å². The number of rotatable bonds is 2. The van der Waals surface area contributed by atoms with Gasteiger partial charge in [0, 0.05) is 11.8 Å². The summed E-state index contributed by atoms with van der Waals surface area (Å²) in [5.41, 5.74) is 0.490. The van der Waals surface area contributed by atoms with Crippen molar-refractivity contribution in [3.8, 4) is 5.75 Å². The highest BCUT2D eigenvalue weighted by Gasteiger charge is 2.17. The van der Waals surface area contributed by atoms with Gasteiger partial charge in [-0.05, 0) is 24.3 Å². The summed E-state index contributed by atoms with van der Waals surface area (Å²) < 4.78 is 0. The van der Waals surface area contributed by atoms with E-state index in [2.05, 4.69) is 4.98 Å². The molecule has 0 aliphatic heterocycles. The molecule has 0 atom stereocenters. The zero-order valence-corrected chi connectivity index (χ0v) is 10.0. The third-order valence-corrected chi connectivity index (χ3v) is 3.08. The SMILES string of the molecule is O=C(c1ccccn1)c1ccc(O)c(Cl)c1Cl. The maximum Gasteiger partial charge on any atom is 0.212 e. The van der Waals surface area contributed by atoms with Crippen molar-refractivity contribution in [3.05, 3.63) is 57.8 Å². The Kier molecular flexibility index (Phi) is 3.31. The van der Waals surface area contributed by atoms with Crippen LogP contribution in [0.4, 0.5) is 0 Å². The molecular formula is C12H7Cl2NO2. The number of benzene rings is 1. The number of pyridine rings is 1. The van der Waals surface area contributed by atoms with Gasteiger partial charge in [0.1, 0.15) is 16.5 Å². The molecule has 2 aromatic rings. The van der Waals surface area contributed by atoms with E-state index in [1.165, 1.54) is 18.3 Å². The predicted molar refractivity (Wildman–Crippen MR) is 65.8 cm³/mol. The number of halogens is 2. The molecule has 0 unspecified atom stereocenters. The van der Waals surface area contributed by atoms with Crippen molar-refractivity contribution in [3.63, 3.8) is 0 Å². The Bertz CT molecular complexity index is 570. The minimum atomic E-state index is -0.336. The maximum atomic E-state index is 12.0. The van der Waals surface area contributed by atoms with Crippen LogP contribution in [0.1, 0.15) is 16.1 Å². The number of hydrogen-bond acceptors (Lipinski definition) is 3. The molecule has 17 heavy (non-hydrogen) atoms.